The number of amides is 2. The van der Waals surface area contributed by atoms with Gasteiger partial charge in [0.25, 0.3) is 0 Å². The van der Waals surface area contributed by atoms with Gasteiger partial charge < -0.3 is 15.7 Å². The van der Waals surface area contributed by atoms with Crippen LogP contribution >= 0.6 is 0 Å². The van der Waals surface area contributed by atoms with E-state index >= 15 is 0 Å². The summed E-state index contributed by atoms with van der Waals surface area (Å²) in [7, 11) is 0. The van der Waals surface area contributed by atoms with E-state index in [-0.39, 0.29) is 11.8 Å². The number of hydrogen-bond acceptors (Lipinski definition) is 2. The third-order valence-corrected chi connectivity index (χ3v) is 2.27. The highest BCUT2D eigenvalue weighted by Crippen LogP contribution is 2.19. The summed E-state index contributed by atoms with van der Waals surface area (Å²) in [4.78, 5) is 11.4. The summed E-state index contributed by atoms with van der Waals surface area (Å²) < 4.78 is 0. The number of anilines is 1. The number of phenolic OH excluding ortho intramolecular Hbond substituents is 1. The molecule has 1 aromatic carbocycles. The van der Waals surface area contributed by atoms with Crippen LogP contribution in [0.3, 0.4) is 0 Å². The van der Waals surface area contributed by atoms with E-state index in [0.29, 0.717) is 12.2 Å². The van der Waals surface area contributed by atoms with Crippen molar-refractivity contribution in [3.8, 4) is 5.75 Å². The Bertz CT molecular complexity index is 364. The van der Waals surface area contributed by atoms with Crippen molar-refractivity contribution >= 4 is 11.7 Å². The topological polar surface area (TPSA) is 61.4 Å². The number of carbonyl (C=O) groups is 1. The number of nitrogens with one attached hydrogen (secondary N) is 2. The van der Waals surface area contributed by atoms with Crippen LogP contribution in [0.15, 0.2) is 18.2 Å². The Hall–Kier alpha value is -1.71. The van der Waals surface area contributed by atoms with Gasteiger partial charge in [-0.25, -0.2) is 4.79 Å². The van der Waals surface area contributed by atoms with Crippen molar-refractivity contribution in [2.45, 2.75) is 26.7 Å². The number of urea groups is 1. The van der Waals surface area contributed by atoms with Crippen LogP contribution in [0.1, 0.15) is 25.3 Å². The lowest BCUT2D eigenvalue weighted by molar-refractivity contribution is 0.252. The summed E-state index contributed by atoms with van der Waals surface area (Å²) in [5.74, 6) is 0.203. The van der Waals surface area contributed by atoms with Crippen LogP contribution < -0.4 is 10.6 Å². The summed E-state index contributed by atoms with van der Waals surface area (Å²) in [6, 6.07) is 4.64. The molecule has 0 spiro atoms. The maximum absolute atomic E-state index is 11.4. The Labute approximate surface area is 95.7 Å². The molecule has 2 amide bonds. The number of unbranched alkanes of at least 4 members (excludes halogenated alkanes) is 1. The summed E-state index contributed by atoms with van der Waals surface area (Å²) in [6.45, 7) is 4.59. The number of rotatable bonds is 4. The maximum Gasteiger partial charge on any atom is 0.319 e. The Balaban J connectivity index is 2.49. The molecular weight excluding hydrogens is 204 g/mol. The van der Waals surface area contributed by atoms with E-state index < -0.39 is 0 Å². The molecule has 0 heterocycles. The van der Waals surface area contributed by atoms with Crippen molar-refractivity contribution in [2.75, 3.05) is 11.9 Å². The van der Waals surface area contributed by atoms with Crippen molar-refractivity contribution in [1.29, 1.82) is 0 Å². The van der Waals surface area contributed by atoms with Gasteiger partial charge in [-0.2, -0.15) is 0 Å². The lowest BCUT2D eigenvalue weighted by Crippen LogP contribution is -2.29. The van der Waals surface area contributed by atoms with Crippen LogP contribution in [-0.4, -0.2) is 17.7 Å². The van der Waals surface area contributed by atoms with Crippen LogP contribution in [-0.2, 0) is 0 Å². The fourth-order valence-electron chi connectivity index (χ4n) is 1.33. The molecule has 4 nitrogen and oxygen atoms in total. The minimum absolute atomic E-state index is 0.203. The van der Waals surface area contributed by atoms with Gasteiger partial charge in [0.1, 0.15) is 5.75 Å². The maximum atomic E-state index is 11.4. The lowest BCUT2D eigenvalue weighted by atomic mass is 10.2. The molecule has 0 aliphatic rings. The monoisotopic (exact) mass is 222 g/mol. The standard InChI is InChI=1S/C12H18N2O2/c1-3-4-7-13-12(16)14-11-6-5-10(15)8-9(11)2/h5-6,8,15H,3-4,7H2,1-2H3,(H2,13,14,16). The zero-order valence-corrected chi connectivity index (χ0v) is 9.71. The Morgan fingerprint density at radius 2 is 2.19 bits per heavy atom. The Kier molecular flexibility index (Phi) is 4.64. The molecule has 1 rings (SSSR count). The summed E-state index contributed by atoms with van der Waals surface area (Å²) in [5, 5.41) is 14.7. The van der Waals surface area contributed by atoms with Crippen molar-refractivity contribution in [3.63, 3.8) is 0 Å². The first-order valence-corrected chi connectivity index (χ1v) is 5.48. The van der Waals surface area contributed by atoms with Gasteiger partial charge in [0.15, 0.2) is 0 Å². The molecule has 0 bridgehead atoms. The van der Waals surface area contributed by atoms with Crippen molar-refractivity contribution < 1.29 is 9.90 Å². The van der Waals surface area contributed by atoms with E-state index in [1.165, 1.54) is 0 Å². The SMILES string of the molecule is CCCCNC(=O)Nc1ccc(O)cc1C. The third kappa shape index (κ3) is 3.81. The first-order chi connectivity index (χ1) is 7.63. The molecule has 88 valence electrons. The van der Waals surface area contributed by atoms with Gasteiger partial charge in [-0.15, -0.1) is 0 Å². The smallest absolute Gasteiger partial charge is 0.319 e. The highest BCUT2D eigenvalue weighted by Gasteiger charge is 2.03. The molecule has 4 heteroatoms. The number of hydrogen-bond donors (Lipinski definition) is 3. The molecule has 0 aliphatic heterocycles. The largest absolute Gasteiger partial charge is 0.508 e. The van der Waals surface area contributed by atoms with E-state index in [0.717, 1.165) is 18.4 Å². The average Bonchev–Trinajstić information content (AvgIpc) is 2.23. The van der Waals surface area contributed by atoms with Crippen LogP contribution in [0.2, 0.25) is 0 Å². The number of benzene rings is 1. The van der Waals surface area contributed by atoms with Crippen molar-refractivity contribution in [2.24, 2.45) is 0 Å². The molecule has 0 aromatic heterocycles. The molecule has 0 unspecified atom stereocenters. The molecule has 0 aliphatic carbocycles. The zero-order chi connectivity index (χ0) is 12.0. The second-order valence-corrected chi connectivity index (χ2v) is 3.73. The van der Waals surface area contributed by atoms with Crippen LogP contribution in [0.5, 0.6) is 5.75 Å². The summed E-state index contributed by atoms with van der Waals surface area (Å²) >= 11 is 0. The molecule has 0 saturated heterocycles. The summed E-state index contributed by atoms with van der Waals surface area (Å²) in [5.41, 5.74) is 1.55. The Morgan fingerprint density at radius 1 is 1.44 bits per heavy atom. The van der Waals surface area contributed by atoms with Crippen LogP contribution in [0, 0.1) is 6.92 Å². The highest BCUT2D eigenvalue weighted by atomic mass is 16.3. The van der Waals surface area contributed by atoms with E-state index in [1.54, 1.807) is 18.2 Å². The molecule has 0 saturated carbocycles. The fraction of sp³-hybridized carbons (Fsp3) is 0.417. The normalized spacial score (nSPS) is 9.88. The first kappa shape index (κ1) is 12.4. The van der Waals surface area contributed by atoms with Gasteiger partial charge in [-0.1, -0.05) is 13.3 Å². The molecule has 3 N–H and O–H groups in total. The van der Waals surface area contributed by atoms with Crippen molar-refractivity contribution in [1.82, 2.24) is 5.32 Å². The Morgan fingerprint density at radius 3 is 2.81 bits per heavy atom. The minimum Gasteiger partial charge on any atom is -0.508 e. The lowest BCUT2D eigenvalue weighted by Gasteiger charge is -2.09. The third-order valence-electron chi connectivity index (χ3n) is 2.27. The first-order valence-electron chi connectivity index (χ1n) is 5.48. The quantitative estimate of drug-likeness (QED) is 0.541. The molecule has 0 atom stereocenters. The van der Waals surface area contributed by atoms with E-state index in [2.05, 4.69) is 17.6 Å². The molecule has 1 aromatic rings. The molecule has 0 radical (unpaired) electrons. The minimum atomic E-state index is -0.206. The van der Waals surface area contributed by atoms with E-state index in [1.807, 2.05) is 6.92 Å². The number of aromatic hydroxyl groups is 1. The molecule has 16 heavy (non-hydrogen) atoms. The van der Waals surface area contributed by atoms with Crippen molar-refractivity contribution in [3.05, 3.63) is 23.8 Å². The van der Waals surface area contributed by atoms with Crippen LogP contribution in [0.25, 0.3) is 0 Å². The van der Waals surface area contributed by atoms with Gasteiger partial charge in [0.05, 0.1) is 0 Å². The van der Waals surface area contributed by atoms with Gasteiger partial charge in [0, 0.05) is 12.2 Å². The van der Waals surface area contributed by atoms with E-state index in [9.17, 15) is 9.90 Å². The van der Waals surface area contributed by atoms with Gasteiger partial charge in [-0.05, 0) is 37.1 Å². The number of phenols is 1. The average molecular weight is 222 g/mol. The predicted molar refractivity (Wildman–Crippen MR) is 64.8 cm³/mol. The van der Waals surface area contributed by atoms with Gasteiger partial charge in [-0.3, -0.25) is 0 Å². The van der Waals surface area contributed by atoms with Crippen LogP contribution in [0.4, 0.5) is 10.5 Å². The second kappa shape index (κ2) is 6.00. The number of aryl methyl sites for hydroxylation is 1. The predicted octanol–water partition coefficient (Wildman–Crippen LogP) is 2.62. The highest BCUT2D eigenvalue weighted by molar-refractivity contribution is 5.90. The zero-order valence-electron chi connectivity index (χ0n) is 9.71. The molecule has 0 fully saturated rings. The fourth-order valence-corrected chi connectivity index (χ4v) is 1.33. The number of carbonyl (C=O) groups excluding carboxylic acids is 1. The van der Waals surface area contributed by atoms with Gasteiger partial charge in [0.2, 0.25) is 0 Å². The summed E-state index contributed by atoms with van der Waals surface area (Å²) in [6.07, 6.45) is 2.03. The second-order valence-electron chi connectivity index (χ2n) is 3.73. The molecular formula is C12H18N2O2. The van der Waals surface area contributed by atoms with Gasteiger partial charge >= 0.3 is 6.03 Å². The van der Waals surface area contributed by atoms with E-state index in [4.69, 9.17) is 0 Å².